The van der Waals surface area contributed by atoms with Crippen LogP contribution in [0.5, 0.6) is 0 Å². The maximum atomic E-state index is 15.5. The Labute approximate surface area is 222 Å². The molecule has 2 aromatic rings. The third-order valence-corrected chi connectivity index (χ3v) is 7.80. The molecule has 3 atom stereocenters. The zero-order valence-electron chi connectivity index (χ0n) is 21.9. The van der Waals surface area contributed by atoms with Crippen LogP contribution in [0.2, 0.25) is 0 Å². The summed E-state index contributed by atoms with van der Waals surface area (Å²) in [5, 5.41) is 30.0. The number of piperidine rings is 2. The first-order chi connectivity index (χ1) is 18.2. The van der Waals surface area contributed by atoms with Crippen LogP contribution in [0.1, 0.15) is 50.5 Å². The van der Waals surface area contributed by atoms with Crippen molar-refractivity contribution in [2.45, 2.75) is 58.0 Å². The summed E-state index contributed by atoms with van der Waals surface area (Å²) in [4.78, 5) is 25.0. The van der Waals surface area contributed by atoms with E-state index in [1.165, 1.54) is 6.08 Å². The molecule has 1 amide bonds. The smallest absolute Gasteiger partial charge is 0.246 e. The Bertz CT molecular complexity index is 1210. The van der Waals surface area contributed by atoms with E-state index in [1.54, 1.807) is 11.1 Å². The number of nitrogens with one attached hydrogen (secondary N) is 3. The topological polar surface area (TPSA) is 126 Å². The van der Waals surface area contributed by atoms with Gasteiger partial charge in [-0.2, -0.15) is 0 Å². The number of halogens is 1. The van der Waals surface area contributed by atoms with Crippen molar-refractivity contribution in [2.75, 3.05) is 41.7 Å². The predicted octanol–water partition coefficient (Wildman–Crippen LogP) is 2.64. The van der Waals surface area contributed by atoms with Crippen LogP contribution in [0, 0.1) is 11.2 Å². The van der Waals surface area contributed by atoms with Crippen molar-refractivity contribution in [3.63, 3.8) is 0 Å². The van der Waals surface area contributed by atoms with Crippen molar-refractivity contribution in [3.05, 3.63) is 47.9 Å². The lowest BCUT2D eigenvalue weighted by atomic mass is 9.81. The maximum absolute atomic E-state index is 15.5. The molecule has 0 spiro atoms. The standard InChI is InChI=1S/C27H36FN7O3/c1-4-21(37)34-10-5-6-16(14-34)31-25-23(28)18-13-30-26(38)22(18)24(33-25)32-20-8-7-17(12-29-20)35-11-9-19(36)27(2,3)15-35/h4,7-8,12,16,19,26,30,36,38H,1,5-6,9-11,13-15H2,2-3H3,(H2,29,31,32,33). The Hall–Kier alpha value is -3.28. The van der Waals surface area contributed by atoms with E-state index in [9.17, 15) is 15.0 Å². The SMILES string of the molecule is C=CC(=O)N1CCCC(Nc2nc(Nc3ccc(N4CCC(O)C(C)(C)C4)cn3)c3c(c2F)CNC3O)C1. The average molecular weight is 526 g/mol. The van der Waals surface area contributed by atoms with Gasteiger partial charge in [0.2, 0.25) is 5.91 Å². The van der Waals surface area contributed by atoms with Gasteiger partial charge in [-0.1, -0.05) is 20.4 Å². The fraction of sp³-hybridized carbons (Fsp3) is 0.519. The molecule has 3 unspecified atom stereocenters. The van der Waals surface area contributed by atoms with E-state index in [4.69, 9.17) is 0 Å². The Kier molecular flexibility index (Phi) is 7.26. The second-order valence-corrected chi connectivity index (χ2v) is 11.0. The number of amides is 1. The largest absolute Gasteiger partial charge is 0.392 e. The van der Waals surface area contributed by atoms with Crippen molar-refractivity contribution in [1.29, 1.82) is 0 Å². The number of hydrogen-bond donors (Lipinski definition) is 5. The van der Waals surface area contributed by atoms with Crippen LogP contribution in [0.25, 0.3) is 0 Å². The molecule has 38 heavy (non-hydrogen) atoms. The first kappa shape index (κ1) is 26.3. The van der Waals surface area contributed by atoms with Crippen LogP contribution in [0.3, 0.4) is 0 Å². The van der Waals surface area contributed by atoms with Crippen LogP contribution < -0.4 is 20.9 Å². The molecule has 3 aliphatic heterocycles. The number of likely N-dealkylation sites (tertiary alicyclic amines) is 1. The van der Waals surface area contributed by atoms with Gasteiger partial charge in [0.15, 0.2) is 11.6 Å². The number of carbonyl (C=O) groups excluding carboxylic acids is 1. The number of aliphatic hydroxyl groups is 2. The van der Waals surface area contributed by atoms with Gasteiger partial charge in [-0.25, -0.2) is 14.4 Å². The van der Waals surface area contributed by atoms with Crippen molar-refractivity contribution in [2.24, 2.45) is 5.41 Å². The lowest BCUT2D eigenvalue weighted by molar-refractivity contribution is -0.127. The van der Waals surface area contributed by atoms with Crippen LogP contribution in [0.15, 0.2) is 31.0 Å². The van der Waals surface area contributed by atoms with Gasteiger partial charge in [0.1, 0.15) is 17.9 Å². The predicted molar refractivity (Wildman–Crippen MR) is 144 cm³/mol. The number of rotatable bonds is 6. The van der Waals surface area contributed by atoms with Crippen molar-refractivity contribution in [1.82, 2.24) is 20.2 Å². The summed E-state index contributed by atoms with van der Waals surface area (Å²) >= 11 is 0. The van der Waals surface area contributed by atoms with Gasteiger partial charge in [0.25, 0.3) is 0 Å². The average Bonchev–Trinajstić information content (AvgIpc) is 3.30. The van der Waals surface area contributed by atoms with Crippen LogP contribution in [0.4, 0.5) is 27.5 Å². The molecule has 2 saturated heterocycles. The Morgan fingerprint density at radius 2 is 2.08 bits per heavy atom. The molecule has 3 aliphatic rings. The quantitative estimate of drug-likeness (QED) is 0.362. The van der Waals surface area contributed by atoms with E-state index in [2.05, 4.69) is 51.2 Å². The van der Waals surface area contributed by atoms with Crippen LogP contribution >= 0.6 is 0 Å². The normalized spacial score (nSPS) is 24.6. The molecule has 2 aromatic heterocycles. The number of fused-ring (bicyclic) bond motifs is 1. The molecule has 11 heteroatoms. The summed E-state index contributed by atoms with van der Waals surface area (Å²) in [5.41, 5.74) is 1.44. The Morgan fingerprint density at radius 1 is 1.26 bits per heavy atom. The van der Waals surface area contributed by atoms with Gasteiger partial charge in [-0.3, -0.25) is 10.1 Å². The third kappa shape index (κ3) is 5.18. The molecular formula is C27H36FN7O3. The zero-order chi connectivity index (χ0) is 27.0. The fourth-order valence-electron chi connectivity index (χ4n) is 5.54. The summed E-state index contributed by atoms with van der Waals surface area (Å²) in [5.74, 6) is 0.244. The minimum Gasteiger partial charge on any atom is -0.392 e. The Morgan fingerprint density at radius 3 is 2.79 bits per heavy atom. The fourth-order valence-corrected chi connectivity index (χ4v) is 5.54. The lowest BCUT2D eigenvalue weighted by Gasteiger charge is -2.42. The van der Waals surface area contributed by atoms with Gasteiger partial charge in [0, 0.05) is 55.3 Å². The molecule has 5 N–H and O–H groups in total. The van der Waals surface area contributed by atoms with Crippen molar-refractivity contribution in [3.8, 4) is 0 Å². The van der Waals surface area contributed by atoms with Crippen molar-refractivity contribution >= 4 is 29.0 Å². The molecule has 0 aliphatic carbocycles. The minimum absolute atomic E-state index is 0.0748. The summed E-state index contributed by atoms with van der Waals surface area (Å²) in [6.45, 7) is 10.4. The van der Waals surface area contributed by atoms with Crippen LogP contribution in [-0.2, 0) is 11.3 Å². The number of aliphatic hydroxyl groups excluding tert-OH is 2. The van der Waals surface area contributed by atoms with Crippen molar-refractivity contribution < 1.29 is 19.4 Å². The van der Waals surface area contributed by atoms with Gasteiger partial charge in [-0.15, -0.1) is 0 Å². The molecule has 2 fully saturated rings. The summed E-state index contributed by atoms with van der Waals surface area (Å²) in [6.07, 6.45) is 3.93. The lowest BCUT2D eigenvalue weighted by Crippen LogP contribution is -2.48. The number of carbonyl (C=O) groups is 1. The maximum Gasteiger partial charge on any atom is 0.246 e. The monoisotopic (exact) mass is 525 g/mol. The van der Waals surface area contributed by atoms with E-state index in [0.29, 0.717) is 42.3 Å². The minimum atomic E-state index is -1.06. The molecule has 0 bridgehead atoms. The molecule has 10 nitrogen and oxygen atoms in total. The molecule has 5 heterocycles. The summed E-state index contributed by atoms with van der Waals surface area (Å²) in [7, 11) is 0. The second kappa shape index (κ2) is 10.5. The van der Waals surface area contributed by atoms with E-state index in [1.807, 2.05) is 12.1 Å². The number of hydrogen-bond acceptors (Lipinski definition) is 9. The highest BCUT2D eigenvalue weighted by Gasteiger charge is 2.35. The van der Waals surface area contributed by atoms with E-state index in [-0.39, 0.29) is 35.8 Å². The summed E-state index contributed by atoms with van der Waals surface area (Å²) < 4.78 is 15.5. The van der Waals surface area contributed by atoms with E-state index < -0.39 is 12.0 Å². The number of aromatic nitrogens is 2. The molecule has 5 rings (SSSR count). The van der Waals surface area contributed by atoms with E-state index >= 15 is 4.39 Å². The van der Waals surface area contributed by atoms with Gasteiger partial charge in [0.05, 0.1) is 18.0 Å². The first-order valence-corrected chi connectivity index (χ1v) is 13.1. The third-order valence-electron chi connectivity index (χ3n) is 7.80. The van der Waals surface area contributed by atoms with Gasteiger partial charge < -0.3 is 30.6 Å². The molecule has 0 aromatic carbocycles. The van der Waals surface area contributed by atoms with E-state index in [0.717, 1.165) is 31.6 Å². The zero-order valence-corrected chi connectivity index (χ0v) is 21.9. The van der Waals surface area contributed by atoms with Gasteiger partial charge >= 0.3 is 0 Å². The molecule has 204 valence electrons. The molecular weight excluding hydrogens is 489 g/mol. The molecule has 0 radical (unpaired) electrons. The number of nitrogens with zero attached hydrogens (tertiary/aromatic N) is 4. The summed E-state index contributed by atoms with van der Waals surface area (Å²) in [6, 6.07) is 3.62. The number of pyridine rings is 2. The first-order valence-electron chi connectivity index (χ1n) is 13.1. The highest BCUT2D eigenvalue weighted by Crippen LogP contribution is 2.37. The molecule has 0 saturated carbocycles. The Balaban J connectivity index is 1.36. The van der Waals surface area contributed by atoms with Gasteiger partial charge in [-0.05, 0) is 37.5 Å². The second-order valence-electron chi connectivity index (χ2n) is 11.0. The highest BCUT2D eigenvalue weighted by atomic mass is 19.1. The van der Waals surface area contributed by atoms with Crippen LogP contribution in [-0.4, -0.2) is 69.3 Å². The highest BCUT2D eigenvalue weighted by molar-refractivity contribution is 5.87. The number of anilines is 4.